The van der Waals surface area contributed by atoms with Crippen molar-refractivity contribution in [1.29, 1.82) is 0 Å². The van der Waals surface area contributed by atoms with E-state index in [2.05, 4.69) is 10.3 Å². The molecule has 3 rings (SSSR count). The molecule has 2 aromatic heterocycles. The number of aryl methyl sites for hydroxylation is 1. The number of likely N-dealkylation sites (tertiary alicyclic amines) is 1. The Labute approximate surface area is 144 Å². The number of hydrogen-bond donors (Lipinski definition) is 1. The molecular formula is C17H19N3O3S. The first-order valence-corrected chi connectivity index (χ1v) is 8.73. The highest BCUT2D eigenvalue weighted by Gasteiger charge is 2.28. The lowest BCUT2D eigenvalue weighted by Gasteiger charge is -2.31. The molecule has 0 aliphatic carbocycles. The molecule has 1 aliphatic heterocycles. The molecule has 2 amide bonds. The fourth-order valence-electron chi connectivity index (χ4n) is 2.69. The van der Waals surface area contributed by atoms with Crippen molar-refractivity contribution in [2.45, 2.75) is 19.8 Å². The van der Waals surface area contributed by atoms with Crippen molar-refractivity contribution < 1.29 is 14.0 Å². The standard InChI is InChI=1S/C17H19N3O3S/c1-12-4-5-14(23-12)6-7-15(21)20-9-2-3-13(11-20)16(22)19-17-18-8-10-24-17/h4-8,10,13H,2-3,9,11H2,1H3,(H,18,19,22)/b7-6-/t13-/m1/s1. The first kappa shape index (κ1) is 16.4. The molecule has 0 saturated carbocycles. The minimum absolute atomic E-state index is 0.0758. The van der Waals surface area contributed by atoms with Gasteiger partial charge in [0.15, 0.2) is 5.13 Å². The van der Waals surface area contributed by atoms with Crippen LogP contribution in [-0.4, -0.2) is 34.8 Å². The number of carbonyl (C=O) groups is 2. The molecule has 1 saturated heterocycles. The molecule has 2 aromatic rings. The van der Waals surface area contributed by atoms with Gasteiger partial charge in [0.2, 0.25) is 11.8 Å². The second-order valence-corrected chi connectivity index (χ2v) is 6.63. The van der Waals surface area contributed by atoms with Crippen molar-refractivity contribution in [2.75, 3.05) is 18.4 Å². The Morgan fingerprint density at radius 2 is 2.33 bits per heavy atom. The number of thiazole rings is 1. The highest BCUT2D eigenvalue weighted by Crippen LogP contribution is 2.20. The molecule has 0 radical (unpaired) electrons. The molecule has 24 heavy (non-hydrogen) atoms. The zero-order chi connectivity index (χ0) is 16.9. The lowest BCUT2D eigenvalue weighted by molar-refractivity contribution is -0.130. The average molecular weight is 345 g/mol. The maximum absolute atomic E-state index is 12.3. The number of aromatic nitrogens is 1. The molecule has 1 atom stereocenters. The van der Waals surface area contributed by atoms with E-state index in [4.69, 9.17) is 4.42 Å². The number of nitrogens with one attached hydrogen (secondary N) is 1. The van der Waals surface area contributed by atoms with Crippen LogP contribution in [0.15, 0.2) is 34.2 Å². The third kappa shape index (κ3) is 4.11. The van der Waals surface area contributed by atoms with Gasteiger partial charge in [0.25, 0.3) is 0 Å². The molecule has 1 N–H and O–H groups in total. The average Bonchev–Trinajstić information content (AvgIpc) is 3.24. The van der Waals surface area contributed by atoms with Gasteiger partial charge in [0, 0.05) is 30.7 Å². The highest BCUT2D eigenvalue weighted by molar-refractivity contribution is 7.13. The normalized spacial score (nSPS) is 18.0. The van der Waals surface area contributed by atoms with E-state index in [1.807, 2.05) is 24.4 Å². The van der Waals surface area contributed by atoms with Crippen LogP contribution in [0.5, 0.6) is 0 Å². The van der Waals surface area contributed by atoms with Gasteiger partial charge in [-0.1, -0.05) is 0 Å². The minimum atomic E-state index is -0.203. The second kappa shape index (κ2) is 7.44. The number of carbonyl (C=O) groups excluding carboxylic acids is 2. The predicted octanol–water partition coefficient (Wildman–Crippen LogP) is 2.94. The number of nitrogens with zero attached hydrogens (tertiary/aromatic N) is 2. The van der Waals surface area contributed by atoms with Crippen LogP contribution < -0.4 is 5.32 Å². The van der Waals surface area contributed by atoms with Gasteiger partial charge in [-0.05, 0) is 38.0 Å². The van der Waals surface area contributed by atoms with Crippen LogP contribution >= 0.6 is 11.3 Å². The number of anilines is 1. The second-order valence-electron chi connectivity index (χ2n) is 5.73. The number of piperidine rings is 1. The monoisotopic (exact) mass is 345 g/mol. The fourth-order valence-corrected chi connectivity index (χ4v) is 3.22. The smallest absolute Gasteiger partial charge is 0.246 e. The summed E-state index contributed by atoms with van der Waals surface area (Å²) in [6.45, 7) is 2.95. The predicted molar refractivity (Wildman–Crippen MR) is 92.5 cm³/mol. The maximum atomic E-state index is 12.3. The van der Waals surface area contributed by atoms with Gasteiger partial charge in [-0.2, -0.15) is 0 Å². The number of rotatable bonds is 4. The van der Waals surface area contributed by atoms with Crippen LogP contribution in [0.4, 0.5) is 5.13 Å². The lowest BCUT2D eigenvalue weighted by atomic mass is 9.97. The van der Waals surface area contributed by atoms with Gasteiger partial charge in [-0.3, -0.25) is 9.59 Å². The Kier molecular flexibility index (Phi) is 5.10. The van der Waals surface area contributed by atoms with Crippen LogP contribution in [0.3, 0.4) is 0 Å². The lowest BCUT2D eigenvalue weighted by Crippen LogP contribution is -2.43. The summed E-state index contributed by atoms with van der Waals surface area (Å²) in [4.78, 5) is 30.4. The van der Waals surface area contributed by atoms with E-state index in [1.165, 1.54) is 17.4 Å². The first-order valence-electron chi connectivity index (χ1n) is 7.85. The molecule has 0 aromatic carbocycles. The molecule has 0 spiro atoms. The number of hydrogen-bond acceptors (Lipinski definition) is 5. The van der Waals surface area contributed by atoms with Crippen molar-refractivity contribution >= 4 is 34.4 Å². The van der Waals surface area contributed by atoms with Crippen LogP contribution in [0.1, 0.15) is 24.4 Å². The molecular weight excluding hydrogens is 326 g/mol. The van der Waals surface area contributed by atoms with E-state index < -0.39 is 0 Å². The molecule has 0 bridgehead atoms. The topological polar surface area (TPSA) is 75.4 Å². The van der Waals surface area contributed by atoms with Gasteiger partial charge in [0.1, 0.15) is 11.5 Å². The number of amides is 2. The summed E-state index contributed by atoms with van der Waals surface area (Å²) < 4.78 is 5.41. The Balaban J connectivity index is 1.57. The van der Waals surface area contributed by atoms with Crippen molar-refractivity contribution in [1.82, 2.24) is 9.88 Å². The fraction of sp³-hybridized carbons (Fsp3) is 0.353. The van der Waals surface area contributed by atoms with Crippen molar-refractivity contribution in [3.63, 3.8) is 0 Å². The van der Waals surface area contributed by atoms with E-state index >= 15 is 0 Å². The van der Waals surface area contributed by atoms with Crippen LogP contribution in [0.2, 0.25) is 0 Å². The van der Waals surface area contributed by atoms with Gasteiger partial charge in [-0.25, -0.2) is 4.98 Å². The summed E-state index contributed by atoms with van der Waals surface area (Å²) in [6, 6.07) is 3.67. The molecule has 1 fully saturated rings. The summed E-state index contributed by atoms with van der Waals surface area (Å²) >= 11 is 1.38. The molecule has 126 valence electrons. The maximum Gasteiger partial charge on any atom is 0.246 e. The zero-order valence-electron chi connectivity index (χ0n) is 13.4. The SMILES string of the molecule is Cc1ccc(/C=C\C(=O)N2CCC[C@@H](C(=O)Nc3nccs3)C2)o1. The third-order valence-electron chi connectivity index (χ3n) is 3.92. The minimum Gasteiger partial charge on any atom is -0.462 e. The van der Waals surface area contributed by atoms with Crippen molar-refractivity contribution in [3.05, 3.63) is 41.3 Å². The van der Waals surface area contributed by atoms with E-state index in [0.717, 1.165) is 18.6 Å². The van der Waals surface area contributed by atoms with Crippen LogP contribution in [0.25, 0.3) is 6.08 Å². The van der Waals surface area contributed by atoms with Gasteiger partial charge >= 0.3 is 0 Å². The summed E-state index contributed by atoms with van der Waals surface area (Å²) in [6.07, 6.45) is 6.41. The van der Waals surface area contributed by atoms with E-state index in [1.54, 1.807) is 17.2 Å². The quantitative estimate of drug-likeness (QED) is 0.865. The van der Waals surface area contributed by atoms with Crippen molar-refractivity contribution in [3.8, 4) is 0 Å². The van der Waals surface area contributed by atoms with Gasteiger partial charge in [0.05, 0.1) is 5.92 Å². The molecule has 3 heterocycles. The summed E-state index contributed by atoms with van der Waals surface area (Å²) in [5, 5.41) is 5.22. The third-order valence-corrected chi connectivity index (χ3v) is 4.61. The van der Waals surface area contributed by atoms with Gasteiger partial charge in [-0.15, -0.1) is 11.3 Å². The van der Waals surface area contributed by atoms with E-state index in [9.17, 15) is 9.59 Å². The zero-order valence-corrected chi connectivity index (χ0v) is 14.2. The van der Waals surface area contributed by atoms with Crippen molar-refractivity contribution in [2.24, 2.45) is 5.92 Å². The molecule has 1 aliphatic rings. The Bertz CT molecular complexity index is 736. The molecule has 6 nitrogen and oxygen atoms in total. The van der Waals surface area contributed by atoms with Gasteiger partial charge < -0.3 is 14.6 Å². The Morgan fingerprint density at radius 3 is 3.04 bits per heavy atom. The number of furan rings is 1. The van der Waals surface area contributed by atoms with E-state index in [0.29, 0.717) is 24.0 Å². The summed E-state index contributed by atoms with van der Waals surface area (Å²) in [5.41, 5.74) is 0. The largest absolute Gasteiger partial charge is 0.462 e. The molecule has 0 unspecified atom stereocenters. The summed E-state index contributed by atoms with van der Waals surface area (Å²) in [5.74, 6) is 1.07. The first-order chi connectivity index (χ1) is 11.6. The Morgan fingerprint density at radius 1 is 1.46 bits per heavy atom. The summed E-state index contributed by atoms with van der Waals surface area (Å²) in [7, 11) is 0. The highest BCUT2D eigenvalue weighted by atomic mass is 32.1. The Hall–Kier alpha value is -2.41. The van der Waals surface area contributed by atoms with Crippen LogP contribution in [0, 0.1) is 12.8 Å². The van der Waals surface area contributed by atoms with Crippen LogP contribution in [-0.2, 0) is 9.59 Å². The van der Waals surface area contributed by atoms with E-state index in [-0.39, 0.29) is 17.7 Å². The molecule has 7 heteroatoms.